The van der Waals surface area contributed by atoms with E-state index < -0.39 is 0 Å². The van der Waals surface area contributed by atoms with Gasteiger partial charge in [-0.2, -0.15) is 0 Å². The van der Waals surface area contributed by atoms with Gasteiger partial charge >= 0.3 is 0 Å². The normalized spacial score (nSPS) is 17.4. The van der Waals surface area contributed by atoms with Gasteiger partial charge in [-0.3, -0.25) is 10.1 Å². The Bertz CT molecular complexity index is 375. The number of nitrogens with one attached hydrogen (secondary N) is 1. The molecule has 4 heteroatoms. The first kappa shape index (κ1) is 10.1. The highest BCUT2D eigenvalue weighted by Crippen LogP contribution is 2.28. The van der Waals surface area contributed by atoms with Crippen molar-refractivity contribution in [3.63, 3.8) is 0 Å². The van der Waals surface area contributed by atoms with Crippen LogP contribution >= 0.6 is 0 Å². The minimum atomic E-state index is -0.319. The number of benzene rings is 1. The highest BCUT2D eigenvalue weighted by Gasteiger charge is 2.26. The molecule has 15 heavy (non-hydrogen) atoms. The molecule has 1 saturated carbocycles. The molecule has 1 fully saturated rings. The van der Waals surface area contributed by atoms with E-state index >= 15 is 0 Å². The van der Waals surface area contributed by atoms with E-state index in [0.717, 1.165) is 5.56 Å². The molecule has 4 nitrogen and oxygen atoms in total. The highest BCUT2D eigenvalue weighted by atomic mass is 16.6. The summed E-state index contributed by atoms with van der Waals surface area (Å²) in [4.78, 5) is 10.5. The summed E-state index contributed by atoms with van der Waals surface area (Å²) < 4.78 is 0. The van der Waals surface area contributed by atoms with Gasteiger partial charge in [-0.1, -0.05) is 18.2 Å². The molecule has 1 aliphatic carbocycles. The lowest BCUT2D eigenvalue weighted by Gasteiger charge is -2.13. The summed E-state index contributed by atoms with van der Waals surface area (Å²) >= 11 is 0. The molecule has 0 spiro atoms. The van der Waals surface area contributed by atoms with E-state index in [-0.39, 0.29) is 16.7 Å². The molecule has 1 aromatic rings. The van der Waals surface area contributed by atoms with Gasteiger partial charge in [-0.15, -0.1) is 0 Å². The SMILES string of the molecule is CC(NC1CC1)c1ccccc1[N+](=O)[O-]. The molecular formula is C11H14N2O2. The monoisotopic (exact) mass is 206 g/mol. The molecule has 0 aliphatic heterocycles. The number of nitro groups is 1. The second-order valence-electron chi connectivity index (χ2n) is 3.98. The molecule has 1 aliphatic rings. The van der Waals surface area contributed by atoms with Crippen molar-refractivity contribution < 1.29 is 4.92 Å². The Morgan fingerprint density at radius 3 is 2.73 bits per heavy atom. The first-order chi connectivity index (χ1) is 7.18. The van der Waals surface area contributed by atoms with E-state index in [0.29, 0.717) is 6.04 Å². The maximum atomic E-state index is 10.8. The maximum absolute atomic E-state index is 10.8. The molecule has 2 rings (SSSR count). The fourth-order valence-electron chi connectivity index (χ4n) is 1.71. The van der Waals surface area contributed by atoms with Crippen molar-refractivity contribution in [3.05, 3.63) is 39.9 Å². The summed E-state index contributed by atoms with van der Waals surface area (Å²) in [5.74, 6) is 0. The Kier molecular flexibility index (Phi) is 2.68. The van der Waals surface area contributed by atoms with E-state index in [4.69, 9.17) is 0 Å². The van der Waals surface area contributed by atoms with Crippen LogP contribution in [0.25, 0.3) is 0 Å². The molecule has 0 amide bonds. The summed E-state index contributed by atoms with van der Waals surface area (Å²) in [7, 11) is 0. The average Bonchev–Trinajstić information content (AvgIpc) is 3.01. The molecule has 80 valence electrons. The second-order valence-corrected chi connectivity index (χ2v) is 3.98. The molecule has 0 saturated heterocycles. The zero-order valence-electron chi connectivity index (χ0n) is 8.64. The summed E-state index contributed by atoms with van der Waals surface area (Å²) in [5.41, 5.74) is 0.979. The van der Waals surface area contributed by atoms with Crippen molar-refractivity contribution in [2.45, 2.75) is 31.8 Å². The minimum absolute atomic E-state index is 0.0547. The molecule has 1 unspecified atom stereocenters. The number of para-hydroxylation sites is 1. The van der Waals surface area contributed by atoms with Gasteiger partial charge in [0.15, 0.2) is 0 Å². The van der Waals surface area contributed by atoms with Gasteiger partial charge in [0, 0.05) is 23.7 Å². The largest absolute Gasteiger partial charge is 0.307 e. The predicted molar refractivity (Wildman–Crippen MR) is 57.7 cm³/mol. The van der Waals surface area contributed by atoms with Crippen molar-refractivity contribution in [1.82, 2.24) is 5.32 Å². The van der Waals surface area contributed by atoms with Crippen molar-refractivity contribution in [3.8, 4) is 0 Å². The summed E-state index contributed by atoms with van der Waals surface area (Å²) in [6.45, 7) is 1.97. The van der Waals surface area contributed by atoms with E-state index in [2.05, 4.69) is 5.32 Å². The Balaban J connectivity index is 2.20. The van der Waals surface area contributed by atoms with E-state index in [9.17, 15) is 10.1 Å². The molecule has 0 bridgehead atoms. The first-order valence-electron chi connectivity index (χ1n) is 5.18. The van der Waals surface area contributed by atoms with Crippen molar-refractivity contribution >= 4 is 5.69 Å². The van der Waals surface area contributed by atoms with E-state index in [1.165, 1.54) is 12.8 Å². The fraction of sp³-hybridized carbons (Fsp3) is 0.455. The van der Waals surface area contributed by atoms with Crippen LogP contribution in [0.2, 0.25) is 0 Å². The van der Waals surface area contributed by atoms with Gasteiger partial charge in [0.2, 0.25) is 0 Å². The molecular weight excluding hydrogens is 192 g/mol. The zero-order chi connectivity index (χ0) is 10.8. The van der Waals surface area contributed by atoms with Crippen LogP contribution in [0.5, 0.6) is 0 Å². The van der Waals surface area contributed by atoms with Crippen LogP contribution in [0.4, 0.5) is 5.69 Å². The Labute approximate surface area is 88.5 Å². The third-order valence-electron chi connectivity index (χ3n) is 2.66. The minimum Gasteiger partial charge on any atom is -0.307 e. The Morgan fingerprint density at radius 2 is 2.13 bits per heavy atom. The highest BCUT2D eigenvalue weighted by molar-refractivity contribution is 5.41. The first-order valence-corrected chi connectivity index (χ1v) is 5.18. The van der Waals surface area contributed by atoms with E-state index in [1.807, 2.05) is 19.1 Å². The van der Waals surface area contributed by atoms with Gasteiger partial charge in [0.25, 0.3) is 5.69 Å². The van der Waals surface area contributed by atoms with Crippen LogP contribution in [0.15, 0.2) is 24.3 Å². The maximum Gasteiger partial charge on any atom is 0.274 e. The molecule has 1 N–H and O–H groups in total. The lowest BCUT2D eigenvalue weighted by molar-refractivity contribution is -0.385. The quantitative estimate of drug-likeness (QED) is 0.608. The number of hydrogen-bond donors (Lipinski definition) is 1. The number of nitrogens with zero attached hydrogens (tertiary/aromatic N) is 1. The fourth-order valence-corrected chi connectivity index (χ4v) is 1.71. The zero-order valence-corrected chi connectivity index (χ0v) is 8.64. The van der Waals surface area contributed by atoms with Gasteiger partial charge in [-0.25, -0.2) is 0 Å². The molecule has 1 aromatic carbocycles. The van der Waals surface area contributed by atoms with Crippen LogP contribution in [0.3, 0.4) is 0 Å². The topological polar surface area (TPSA) is 55.2 Å². The summed E-state index contributed by atoms with van der Waals surface area (Å²) in [6.07, 6.45) is 2.37. The smallest absolute Gasteiger partial charge is 0.274 e. The van der Waals surface area contributed by atoms with Gasteiger partial charge in [0.05, 0.1) is 4.92 Å². The van der Waals surface area contributed by atoms with Gasteiger partial charge in [-0.05, 0) is 19.8 Å². The van der Waals surface area contributed by atoms with Crippen molar-refractivity contribution in [2.24, 2.45) is 0 Å². The predicted octanol–water partition coefficient (Wildman–Crippen LogP) is 2.41. The summed E-state index contributed by atoms with van der Waals surface area (Å²) in [6, 6.07) is 7.52. The van der Waals surface area contributed by atoms with Crippen LogP contribution in [-0.4, -0.2) is 11.0 Å². The van der Waals surface area contributed by atoms with Crippen molar-refractivity contribution in [1.29, 1.82) is 0 Å². The Morgan fingerprint density at radius 1 is 1.47 bits per heavy atom. The van der Waals surface area contributed by atoms with Gasteiger partial charge in [0.1, 0.15) is 0 Å². The number of rotatable bonds is 4. The Hall–Kier alpha value is -1.42. The van der Waals surface area contributed by atoms with Crippen molar-refractivity contribution in [2.75, 3.05) is 0 Å². The lowest BCUT2D eigenvalue weighted by Crippen LogP contribution is -2.21. The molecule has 0 aromatic heterocycles. The third-order valence-corrected chi connectivity index (χ3v) is 2.66. The number of hydrogen-bond acceptors (Lipinski definition) is 3. The van der Waals surface area contributed by atoms with Gasteiger partial charge < -0.3 is 5.32 Å². The van der Waals surface area contributed by atoms with Crippen LogP contribution in [-0.2, 0) is 0 Å². The second kappa shape index (κ2) is 3.98. The van der Waals surface area contributed by atoms with E-state index in [1.54, 1.807) is 12.1 Å². The molecule has 1 atom stereocenters. The standard InChI is InChI=1S/C11H14N2O2/c1-8(12-9-6-7-9)10-4-2-3-5-11(10)13(14)15/h2-5,8-9,12H,6-7H2,1H3. The third kappa shape index (κ3) is 2.33. The summed E-state index contributed by atoms with van der Waals surface area (Å²) in [5, 5.41) is 14.2. The average molecular weight is 206 g/mol. The lowest BCUT2D eigenvalue weighted by atomic mass is 10.1. The van der Waals surface area contributed by atoms with Crippen LogP contribution in [0.1, 0.15) is 31.4 Å². The molecule has 0 radical (unpaired) electrons. The molecule has 0 heterocycles. The number of nitro benzene ring substituents is 1. The van der Waals surface area contributed by atoms with Crippen LogP contribution in [0, 0.1) is 10.1 Å². The van der Waals surface area contributed by atoms with Crippen LogP contribution < -0.4 is 5.32 Å².